The molecule has 148 valence electrons. The Labute approximate surface area is 164 Å². The zero-order chi connectivity index (χ0) is 20.1. The Morgan fingerprint density at radius 3 is 2.36 bits per heavy atom. The maximum atomic E-state index is 12.5. The Morgan fingerprint density at radius 2 is 1.71 bits per heavy atom. The summed E-state index contributed by atoms with van der Waals surface area (Å²) in [5.74, 6) is -0.860. The number of nitrogens with one attached hydrogen (secondary N) is 1. The van der Waals surface area contributed by atoms with Crippen molar-refractivity contribution in [3.05, 3.63) is 59.7 Å². The molecule has 0 aliphatic carbocycles. The van der Waals surface area contributed by atoms with Crippen LogP contribution in [-0.4, -0.2) is 44.3 Å². The van der Waals surface area contributed by atoms with Crippen LogP contribution in [0.5, 0.6) is 0 Å². The molecule has 0 unspecified atom stereocenters. The van der Waals surface area contributed by atoms with Crippen molar-refractivity contribution in [3.8, 4) is 0 Å². The molecular weight excluding hydrogens is 380 g/mol. The van der Waals surface area contributed by atoms with Crippen LogP contribution in [0.15, 0.2) is 53.4 Å². The van der Waals surface area contributed by atoms with E-state index in [9.17, 15) is 18.0 Å². The summed E-state index contributed by atoms with van der Waals surface area (Å²) < 4.78 is 31.5. The van der Waals surface area contributed by atoms with Gasteiger partial charge < -0.3 is 10.1 Å². The van der Waals surface area contributed by atoms with E-state index in [-0.39, 0.29) is 11.5 Å². The smallest absolute Gasteiger partial charge is 0.338 e. The Bertz CT molecular complexity index is 964. The molecule has 1 saturated heterocycles. The molecule has 1 aliphatic heterocycles. The summed E-state index contributed by atoms with van der Waals surface area (Å²) in [7, 11) is -3.51. The molecule has 1 heterocycles. The predicted molar refractivity (Wildman–Crippen MR) is 105 cm³/mol. The first-order valence-corrected chi connectivity index (χ1v) is 10.5. The van der Waals surface area contributed by atoms with Crippen LogP contribution in [0.1, 0.15) is 40.5 Å². The fraction of sp³-hybridized carbons (Fsp3) is 0.300. The number of carbonyl (C=O) groups excluding carboxylic acids is 2. The third-order valence-corrected chi connectivity index (χ3v) is 6.36. The molecule has 2 aromatic carbocycles. The number of hydrogen-bond donors (Lipinski definition) is 1. The Kier molecular flexibility index (Phi) is 6.11. The minimum Gasteiger partial charge on any atom is -0.462 e. The van der Waals surface area contributed by atoms with Gasteiger partial charge >= 0.3 is 5.97 Å². The van der Waals surface area contributed by atoms with Crippen LogP contribution in [0.4, 0.5) is 5.69 Å². The van der Waals surface area contributed by atoms with Crippen molar-refractivity contribution in [2.45, 2.75) is 24.7 Å². The van der Waals surface area contributed by atoms with Gasteiger partial charge in [0.25, 0.3) is 5.91 Å². The van der Waals surface area contributed by atoms with Gasteiger partial charge in [0.2, 0.25) is 10.0 Å². The Hall–Kier alpha value is -2.71. The van der Waals surface area contributed by atoms with E-state index < -0.39 is 21.9 Å². The van der Waals surface area contributed by atoms with E-state index in [1.165, 1.54) is 34.6 Å². The lowest BCUT2D eigenvalue weighted by molar-refractivity contribution is 0.0526. The predicted octanol–water partition coefficient (Wildman–Crippen LogP) is 2.90. The normalized spacial score (nSPS) is 14.6. The van der Waals surface area contributed by atoms with E-state index in [4.69, 9.17) is 4.74 Å². The van der Waals surface area contributed by atoms with Crippen LogP contribution in [0.3, 0.4) is 0 Å². The van der Waals surface area contributed by atoms with Crippen molar-refractivity contribution < 1.29 is 22.7 Å². The van der Waals surface area contributed by atoms with Gasteiger partial charge in [-0.1, -0.05) is 6.07 Å². The molecule has 0 saturated carbocycles. The zero-order valence-corrected chi connectivity index (χ0v) is 16.4. The van der Waals surface area contributed by atoms with Crippen molar-refractivity contribution in [1.82, 2.24) is 4.31 Å². The molecule has 2 aromatic rings. The summed E-state index contributed by atoms with van der Waals surface area (Å²) in [5, 5.41) is 2.70. The third kappa shape index (κ3) is 4.40. The summed E-state index contributed by atoms with van der Waals surface area (Å²) in [6, 6.07) is 12.3. The average molecular weight is 402 g/mol. The van der Waals surface area contributed by atoms with Gasteiger partial charge in [-0.05, 0) is 62.2 Å². The minimum absolute atomic E-state index is 0.176. The number of esters is 1. The summed E-state index contributed by atoms with van der Waals surface area (Å²) in [5.41, 5.74) is 1.11. The molecule has 0 aromatic heterocycles. The highest BCUT2D eigenvalue weighted by molar-refractivity contribution is 7.89. The molecule has 1 aliphatic rings. The highest BCUT2D eigenvalue weighted by Crippen LogP contribution is 2.21. The van der Waals surface area contributed by atoms with Crippen molar-refractivity contribution in [1.29, 1.82) is 0 Å². The van der Waals surface area contributed by atoms with E-state index in [0.29, 0.717) is 29.9 Å². The largest absolute Gasteiger partial charge is 0.462 e. The SMILES string of the molecule is CCOC(=O)c1cccc(NC(=O)c2ccc(S(=O)(=O)N3CCCC3)cc2)c1. The van der Waals surface area contributed by atoms with Crippen LogP contribution >= 0.6 is 0 Å². The van der Waals surface area contributed by atoms with Crippen LogP contribution in [0, 0.1) is 0 Å². The molecule has 28 heavy (non-hydrogen) atoms. The summed E-state index contributed by atoms with van der Waals surface area (Å²) >= 11 is 0. The van der Waals surface area contributed by atoms with E-state index in [1.807, 2.05) is 0 Å². The van der Waals surface area contributed by atoms with Crippen LogP contribution < -0.4 is 5.32 Å². The van der Waals surface area contributed by atoms with Crippen molar-refractivity contribution in [3.63, 3.8) is 0 Å². The number of rotatable bonds is 6. The molecule has 0 radical (unpaired) electrons. The van der Waals surface area contributed by atoms with Crippen LogP contribution in [0.25, 0.3) is 0 Å². The first kappa shape index (κ1) is 20.0. The van der Waals surface area contributed by atoms with Gasteiger partial charge in [0, 0.05) is 24.3 Å². The average Bonchev–Trinajstić information content (AvgIpc) is 3.24. The topological polar surface area (TPSA) is 92.8 Å². The quantitative estimate of drug-likeness (QED) is 0.750. The molecule has 0 spiro atoms. The van der Waals surface area contributed by atoms with Crippen molar-refractivity contribution >= 4 is 27.6 Å². The lowest BCUT2D eigenvalue weighted by Crippen LogP contribution is -2.27. The molecule has 1 fully saturated rings. The van der Waals surface area contributed by atoms with E-state index >= 15 is 0 Å². The number of nitrogens with zero attached hydrogens (tertiary/aromatic N) is 1. The molecule has 7 nitrogen and oxygen atoms in total. The second kappa shape index (κ2) is 8.53. The summed E-state index contributed by atoms with van der Waals surface area (Å²) in [4.78, 5) is 24.4. The van der Waals surface area contributed by atoms with Gasteiger partial charge in [-0.2, -0.15) is 4.31 Å². The third-order valence-electron chi connectivity index (χ3n) is 4.45. The molecule has 0 atom stereocenters. The number of benzene rings is 2. The van der Waals surface area contributed by atoms with Gasteiger partial charge in [0.05, 0.1) is 17.1 Å². The van der Waals surface area contributed by atoms with Gasteiger partial charge in [-0.15, -0.1) is 0 Å². The van der Waals surface area contributed by atoms with Gasteiger partial charge in [-0.3, -0.25) is 4.79 Å². The van der Waals surface area contributed by atoms with Crippen LogP contribution in [0.2, 0.25) is 0 Å². The molecule has 3 rings (SSSR count). The van der Waals surface area contributed by atoms with Gasteiger partial charge in [-0.25, -0.2) is 13.2 Å². The maximum Gasteiger partial charge on any atom is 0.338 e. The van der Waals surface area contributed by atoms with Crippen molar-refractivity contribution in [2.24, 2.45) is 0 Å². The lowest BCUT2D eigenvalue weighted by atomic mass is 10.1. The standard InChI is InChI=1S/C20H22N2O5S/c1-2-27-20(24)16-6-5-7-17(14-16)21-19(23)15-8-10-18(11-9-15)28(25,26)22-12-3-4-13-22/h5-11,14H,2-4,12-13H2,1H3,(H,21,23). The van der Waals surface area contributed by atoms with E-state index in [1.54, 1.807) is 25.1 Å². The Morgan fingerprint density at radius 1 is 1.04 bits per heavy atom. The molecule has 8 heteroatoms. The monoisotopic (exact) mass is 402 g/mol. The molecule has 1 N–H and O–H groups in total. The van der Waals surface area contributed by atoms with Crippen molar-refractivity contribution in [2.75, 3.05) is 25.0 Å². The first-order chi connectivity index (χ1) is 13.4. The van der Waals surface area contributed by atoms with Gasteiger partial charge in [0.1, 0.15) is 0 Å². The highest BCUT2D eigenvalue weighted by atomic mass is 32.2. The fourth-order valence-electron chi connectivity index (χ4n) is 3.00. The number of carbonyl (C=O) groups is 2. The lowest BCUT2D eigenvalue weighted by Gasteiger charge is -2.15. The number of amides is 1. The first-order valence-electron chi connectivity index (χ1n) is 9.10. The van der Waals surface area contributed by atoms with Crippen LogP contribution in [-0.2, 0) is 14.8 Å². The van der Waals surface area contributed by atoms with E-state index in [0.717, 1.165) is 12.8 Å². The summed E-state index contributed by atoms with van der Waals surface area (Å²) in [6.45, 7) is 3.04. The molecular formula is C20H22N2O5S. The number of hydrogen-bond acceptors (Lipinski definition) is 5. The van der Waals surface area contributed by atoms with Gasteiger partial charge in [0.15, 0.2) is 0 Å². The molecule has 0 bridgehead atoms. The van der Waals surface area contributed by atoms with E-state index in [2.05, 4.69) is 5.32 Å². The molecule has 1 amide bonds. The summed E-state index contributed by atoms with van der Waals surface area (Å²) in [6.07, 6.45) is 1.73. The fourth-order valence-corrected chi connectivity index (χ4v) is 4.51. The zero-order valence-electron chi connectivity index (χ0n) is 15.6. The maximum absolute atomic E-state index is 12.5. The number of ether oxygens (including phenoxy) is 1. The second-order valence-electron chi connectivity index (χ2n) is 6.39. The Balaban J connectivity index is 1.72. The highest BCUT2D eigenvalue weighted by Gasteiger charge is 2.27. The second-order valence-corrected chi connectivity index (χ2v) is 8.33. The minimum atomic E-state index is -3.51. The number of sulfonamides is 1. The number of anilines is 1.